The molecule has 0 aliphatic heterocycles. The number of rotatable bonds is 13. The van der Waals surface area contributed by atoms with E-state index in [4.69, 9.17) is 4.74 Å². The van der Waals surface area contributed by atoms with Crippen LogP contribution < -0.4 is 4.74 Å². The SMILES string of the molecule is O=C(c1ccccc1)c1ccccc1CC(Cc1ccc(OCC/C(=C/O)N=Cc2ccccc2)cc1)C(=O)O. The van der Waals surface area contributed by atoms with Gasteiger partial charge in [0.1, 0.15) is 12.0 Å². The number of hydrogen-bond donors (Lipinski definition) is 2. The van der Waals surface area contributed by atoms with E-state index >= 15 is 0 Å². The summed E-state index contributed by atoms with van der Waals surface area (Å²) < 4.78 is 5.80. The summed E-state index contributed by atoms with van der Waals surface area (Å²) in [5.74, 6) is -1.09. The van der Waals surface area contributed by atoms with Crippen molar-refractivity contribution < 1.29 is 24.5 Å². The topological polar surface area (TPSA) is 96.2 Å². The molecular weight excluding hydrogens is 502 g/mol. The molecule has 0 saturated carbocycles. The summed E-state index contributed by atoms with van der Waals surface area (Å²) in [5.41, 5.74) is 4.09. The van der Waals surface area contributed by atoms with Crippen molar-refractivity contribution in [1.82, 2.24) is 0 Å². The van der Waals surface area contributed by atoms with Gasteiger partial charge in [0.25, 0.3) is 0 Å². The number of aliphatic hydroxyl groups excluding tert-OH is 1. The maximum atomic E-state index is 13.1. The number of carboxylic acid groups (broad SMARTS) is 1. The first-order valence-corrected chi connectivity index (χ1v) is 13.1. The zero-order valence-electron chi connectivity index (χ0n) is 22.0. The van der Waals surface area contributed by atoms with Crippen molar-refractivity contribution in [1.29, 1.82) is 0 Å². The Morgan fingerprint density at radius 2 is 1.45 bits per heavy atom. The maximum absolute atomic E-state index is 13.1. The predicted octanol–water partition coefficient (Wildman–Crippen LogP) is 6.69. The summed E-state index contributed by atoms with van der Waals surface area (Å²) in [6.07, 6.45) is 3.64. The van der Waals surface area contributed by atoms with E-state index in [1.807, 2.05) is 72.8 Å². The van der Waals surface area contributed by atoms with Gasteiger partial charge in [0.15, 0.2) is 5.78 Å². The van der Waals surface area contributed by atoms with Gasteiger partial charge in [-0.3, -0.25) is 14.6 Å². The van der Waals surface area contributed by atoms with Crippen LogP contribution in [0.1, 0.15) is 39.0 Å². The summed E-state index contributed by atoms with van der Waals surface area (Å²) in [4.78, 5) is 29.5. The molecule has 4 aromatic carbocycles. The molecular formula is C34H31NO5. The number of carboxylic acids is 1. The molecule has 0 aromatic heterocycles. The van der Waals surface area contributed by atoms with Gasteiger partial charge in [-0.1, -0.05) is 97.1 Å². The number of ketones is 1. The van der Waals surface area contributed by atoms with Gasteiger partial charge in [0.2, 0.25) is 0 Å². The molecule has 40 heavy (non-hydrogen) atoms. The largest absolute Gasteiger partial charge is 0.514 e. The molecule has 4 aromatic rings. The Labute approximate surface area is 233 Å². The van der Waals surface area contributed by atoms with Crippen LogP contribution in [0, 0.1) is 5.92 Å². The number of aliphatic carboxylic acids is 1. The van der Waals surface area contributed by atoms with Gasteiger partial charge < -0.3 is 14.9 Å². The second kappa shape index (κ2) is 14.3. The highest BCUT2D eigenvalue weighted by Gasteiger charge is 2.22. The van der Waals surface area contributed by atoms with Crippen molar-refractivity contribution in [2.75, 3.05) is 6.61 Å². The second-order valence-corrected chi connectivity index (χ2v) is 9.33. The summed E-state index contributed by atoms with van der Waals surface area (Å²) in [7, 11) is 0. The lowest BCUT2D eigenvalue weighted by Crippen LogP contribution is -2.20. The van der Waals surface area contributed by atoms with E-state index in [0.717, 1.165) is 17.4 Å². The lowest BCUT2D eigenvalue weighted by molar-refractivity contribution is -0.141. The van der Waals surface area contributed by atoms with Crippen LogP contribution in [-0.4, -0.2) is 34.8 Å². The number of aliphatic hydroxyl groups is 1. The molecule has 2 N–H and O–H groups in total. The number of ether oxygens (including phenoxy) is 1. The van der Waals surface area contributed by atoms with Gasteiger partial charge in [0, 0.05) is 23.8 Å². The minimum atomic E-state index is -0.915. The van der Waals surface area contributed by atoms with E-state index in [1.54, 1.807) is 42.6 Å². The molecule has 0 saturated heterocycles. The normalized spacial score (nSPS) is 12.2. The van der Waals surface area contributed by atoms with E-state index in [2.05, 4.69) is 4.99 Å². The van der Waals surface area contributed by atoms with E-state index in [0.29, 0.717) is 47.6 Å². The summed E-state index contributed by atoms with van der Waals surface area (Å²) in [6, 6.07) is 33.1. The Kier molecular flexibility index (Phi) is 10.00. The molecule has 0 amide bonds. The zero-order chi connectivity index (χ0) is 28.2. The fourth-order valence-corrected chi connectivity index (χ4v) is 4.32. The molecule has 0 fully saturated rings. The first-order chi connectivity index (χ1) is 19.5. The first kappa shape index (κ1) is 28.0. The van der Waals surface area contributed by atoms with Crippen molar-refractivity contribution in [3.05, 3.63) is 149 Å². The number of hydrogen-bond acceptors (Lipinski definition) is 5. The Morgan fingerprint density at radius 3 is 2.12 bits per heavy atom. The fourth-order valence-electron chi connectivity index (χ4n) is 4.32. The molecule has 4 rings (SSSR count). The van der Waals surface area contributed by atoms with Gasteiger partial charge in [0.05, 0.1) is 18.2 Å². The van der Waals surface area contributed by atoms with E-state index < -0.39 is 11.9 Å². The quantitative estimate of drug-likeness (QED) is 0.113. The molecule has 0 bridgehead atoms. The summed E-state index contributed by atoms with van der Waals surface area (Å²) in [6.45, 7) is 0.321. The van der Waals surface area contributed by atoms with Crippen LogP contribution in [0.2, 0.25) is 0 Å². The van der Waals surface area contributed by atoms with Crippen LogP contribution in [0.5, 0.6) is 5.75 Å². The Bertz CT molecular complexity index is 1460. The number of nitrogens with zero attached hydrogens (tertiary/aromatic N) is 1. The van der Waals surface area contributed by atoms with Crippen molar-refractivity contribution in [2.24, 2.45) is 10.9 Å². The molecule has 0 aliphatic carbocycles. The Morgan fingerprint density at radius 1 is 0.800 bits per heavy atom. The van der Waals surface area contributed by atoms with Gasteiger partial charge >= 0.3 is 5.97 Å². The Balaban J connectivity index is 1.34. The molecule has 1 atom stereocenters. The maximum Gasteiger partial charge on any atom is 0.307 e. The van der Waals surface area contributed by atoms with Crippen LogP contribution in [0.15, 0.2) is 126 Å². The standard InChI is InChI=1S/C34H31NO5/c36-24-30(35-23-26-9-3-1-4-10-26)19-20-40-31-17-15-25(16-18-31)21-29(34(38)39)22-28-13-7-8-14-32(28)33(37)27-11-5-2-6-12-27/h1-18,23-24,29,36H,19-22H2,(H,38,39)/b30-24-,35-23?. The highest BCUT2D eigenvalue weighted by Crippen LogP contribution is 2.22. The minimum Gasteiger partial charge on any atom is -0.514 e. The van der Waals surface area contributed by atoms with Gasteiger partial charge in [-0.05, 0) is 41.7 Å². The lowest BCUT2D eigenvalue weighted by atomic mass is 9.88. The predicted molar refractivity (Wildman–Crippen MR) is 156 cm³/mol. The lowest BCUT2D eigenvalue weighted by Gasteiger charge is -2.16. The third-order valence-corrected chi connectivity index (χ3v) is 6.47. The minimum absolute atomic E-state index is 0.119. The van der Waals surface area contributed by atoms with Crippen molar-refractivity contribution in [3.63, 3.8) is 0 Å². The number of carbonyl (C=O) groups is 2. The van der Waals surface area contributed by atoms with Gasteiger partial charge in [-0.2, -0.15) is 0 Å². The average Bonchev–Trinajstić information content (AvgIpc) is 3.00. The highest BCUT2D eigenvalue weighted by atomic mass is 16.5. The molecule has 1 unspecified atom stereocenters. The Hall–Kier alpha value is -4.97. The van der Waals surface area contributed by atoms with Crippen molar-refractivity contribution in [3.8, 4) is 5.75 Å². The summed E-state index contributed by atoms with van der Waals surface area (Å²) >= 11 is 0. The van der Waals surface area contributed by atoms with Gasteiger partial charge in [-0.15, -0.1) is 0 Å². The van der Waals surface area contributed by atoms with Crippen LogP contribution in [0.25, 0.3) is 0 Å². The van der Waals surface area contributed by atoms with Crippen molar-refractivity contribution in [2.45, 2.75) is 19.3 Å². The fraction of sp³-hybridized carbons (Fsp3) is 0.147. The second-order valence-electron chi connectivity index (χ2n) is 9.33. The van der Waals surface area contributed by atoms with Gasteiger partial charge in [-0.25, -0.2) is 0 Å². The van der Waals surface area contributed by atoms with Crippen LogP contribution in [0.4, 0.5) is 0 Å². The third-order valence-electron chi connectivity index (χ3n) is 6.47. The van der Waals surface area contributed by atoms with Crippen LogP contribution in [0.3, 0.4) is 0 Å². The molecule has 0 radical (unpaired) electrons. The molecule has 202 valence electrons. The van der Waals surface area contributed by atoms with E-state index in [1.165, 1.54) is 0 Å². The molecule has 0 spiro atoms. The molecule has 0 heterocycles. The average molecular weight is 534 g/mol. The summed E-state index contributed by atoms with van der Waals surface area (Å²) in [5, 5.41) is 19.4. The molecule has 6 nitrogen and oxygen atoms in total. The first-order valence-electron chi connectivity index (χ1n) is 13.1. The van der Waals surface area contributed by atoms with E-state index in [-0.39, 0.29) is 12.2 Å². The van der Waals surface area contributed by atoms with Crippen LogP contribution >= 0.6 is 0 Å². The zero-order valence-corrected chi connectivity index (χ0v) is 22.0. The molecule has 6 heteroatoms. The number of benzene rings is 4. The highest BCUT2D eigenvalue weighted by molar-refractivity contribution is 6.09. The van der Waals surface area contributed by atoms with E-state index in [9.17, 15) is 19.8 Å². The third kappa shape index (κ3) is 8.01. The number of aliphatic imine (C=N–C) groups is 1. The monoisotopic (exact) mass is 533 g/mol. The molecule has 0 aliphatic rings. The van der Waals surface area contributed by atoms with Crippen LogP contribution in [-0.2, 0) is 17.6 Å². The smallest absolute Gasteiger partial charge is 0.307 e. The van der Waals surface area contributed by atoms with Crippen molar-refractivity contribution >= 4 is 18.0 Å². The number of carbonyl (C=O) groups excluding carboxylic acids is 1.